The SMILES string of the molecule is Clc1cc(Cl)cc(CNc2ccc(-n3cncn3)nc2)c1. The number of halogens is 2. The Balaban J connectivity index is 1.68. The van der Waals surface area contributed by atoms with E-state index in [1.807, 2.05) is 24.3 Å². The maximum atomic E-state index is 5.97. The first-order valence-corrected chi connectivity index (χ1v) is 6.96. The number of rotatable bonds is 4. The fourth-order valence-electron chi connectivity index (χ4n) is 1.87. The van der Waals surface area contributed by atoms with E-state index >= 15 is 0 Å². The molecule has 0 spiro atoms. The summed E-state index contributed by atoms with van der Waals surface area (Å²) in [5.41, 5.74) is 1.91. The molecule has 3 rings (SSSR count). The van der Waals surface area contributed by atoms with E-state index in [4.69, 9.17) is 23.2 Å². The van der Waals surface area contributed by atoms with Crippen molar-refractivity contribution in [2.45, 2.75) is 6.54 Å². The molecule has 1 aromatic carbocycles. The molecule has 0 aliphatic rings. The minimum atomic E-state index is 0.616. The fraction of sp³-hybridized carbons (Fsp3) is 0.0714. The van der Waals surface area contributed by atoms with Crippen molar-refractivity contribution < 1.29 is 0 Å². The van der Waals surface area contributed by atoms with Crippen molar-refractivity contribution in [1.29, 1.82) is 0 Å². The van der Waals surface area contributed by atoms with E-state index in [9.17, 15) is 0 Å². The summed E-state index contributed by atoms with van der Waals surface area (Å²) in [6.45, 7) is 0.616. The lowest BCUT2D eigenvalue weighted by Crippen LogP contribution is -2.02. The van der Waals surface area contributed by atoms with Gasteiger partial charge in [0.2, 0.25) is 0 Å². The van der Waals surface area contributed by atoms with Gasteiger partial charge >= 0.3 is 0 Å². The molecule has 0 aliphatic heterocycles. The van der Waals surface area contributed by atoms with Crippen molar-refractivity contribution in [2.24, 2.45) is 0 Å². The zero-order valence-corrected chi connectivity index (χ0v) is 12.4. The molecular formula is C14H11Cl2N5. The Kier molecular flexibility index (Phi) is 4.03. The molecule has 5 nitrogen and oxygen atoms in total. The number of pyridine rings is 1. The van der Waals surface area contributed by atoms with Gasteiger partial charge in [0, 0.05) is 16.6 Å². The highest BCUT2D eigenvalue weighted by molar-refractivity contribution is 6.34. The van der Waals surface area contributed by atoms with E-state index in [1.54, 1.807) is 23.3 Å². The molecule has 7 heteroatoms. The second-order valence-electron chi connectivity index (χ2n) is 4.38. The summed E-state index contributed by atoms with van der Waals surface area (Å²) >= 11 is 11.9. The molecule has 2 aromatic heterocycles. The van der Waals surface area contributed by atoms with E-state index in [-0.39, 0.29) is 0 Å². The Morgan fingerprint density at radius 1 is 1.10 bits per heavy atom. The highest BCUT2D eigenvalue weighted by Gasteiger charge is 2.01. The van der Waals surface area contributed by atoms with Gasteiger partial charge < -0.3 is 5.32 Å². The zero-order valence-electron chi connectivity index (χ0n) is 10.9. The van der Waals surface area contributed by atoms with Gasteiger partial charge in [-0.1, -0.05) is 23.2 Å². The third kappa shape index (κ3) is 3.51. The molecule has 0 aliphatic carbocycles. The highest BCUT2D eigenvalue weighted by atomic mass is 35.5. The topological polar surface area (TPSA) is 55.6 Å². The summed E-state index contributed by atoms with van der Waals surface area (Å²) in [7, 11) is 0. The summed E-state index contributed by atoms with van der Waals surface area (Å²) in [6.07, 6.45) is 4.81. The molecule has 0 bridgehead atoms. The average Bonchev–Trinajstić information content (AvgIpc) is 2.99. The summed E-state index contributed by atoms with van der Waals surface area (Å²) in [4.78, 5) is 8.20. The molecule has 0 saturated heterocycles. The first kappa shape index (κ1) is 13.9. The van der Waals surface area contributed by atoms with E-state index in [1.165, 1.54) is 6.33 Å². The Morgan fingerprint density at radius 3 is 2.52 bits per heavy atom. The Labute approximate surface area is 131 Å². The van der Waals surface area contributed by atoms with Crippen molar-refractivity contribution >= 4 is 28.9 Å². The van der Waals surface area contributed by atoms with E-state index < -0.39 is 0 Å². The van der Waals surface area contributed by atoms with Gasteiger partial charge in [0.05, 0.1) is 11.9 Å². The molecule has 0 atom stereocenters. The summed E-state index contributed by atoms with van der Waals surface area (Å²) in [5.74, 6) is 0.712. The number of aromatic nitrogens is 4. The van der Waals surface area contributed by atoms with Crippen molar-refractivity contribution in [3.05, 3.63) is 64.8 Å². The molecular weight excluding hydrogens is 309 g/mol. The number of hydrogen-bond donors (Lipinski definition) is 1. The Hall–Kier alpha value is -2.11. The molecule has 2 heterocycles. The van der Waals surface area contributed by atoms with E-state index in [0.717, 1.165) is 11.3 Å². The number of anilines is 1. The van der Waals surface area contributed by atoms with Gasteiger partial charge in [0.15, 0.2) is 5.82 Å². The number of nitrogens with one attached hydrogen (secondary N) is 1. The van der Waals surface area contributed by atoms with Crippen LogP contribution in [0, 0.1) is 0 Å². The third-order valence-corrected chi connectivity index (χ3v) is 3.26. The van der Waals surface area contributed by atoms with Crippen LogP contribution in [0.5, 0.6) is 0 Å². The standard InChI is InChI=1S/C14H11Cl2N5/c15-11-3-10(4-12(16)5-11)6-18-13-1-2-14(19-7-13)21-9-17-8-20-21/h1-5,7-9,18H,6H2. The van der Waals surface area contributed by atoms with Crippen LogP contribution < -0.4 is 5.32 Å². The lowest BCUT2D eigenvalue weighted by atomic mass is 10.2. The molecule has 3 aromatic rings. The van der Waals surface area contributed by atoms with Gasteiger partial charge in [0.1, 0.15) is 12.7 Å². The van der Waals surface area contributed by atoms with Crippen molar-refractivity contribution in [3.8, 4) is 5.82 Å². The van der Waals surface area contributed by atoms with Crippen LogP contribution in [0.15, 0.2) is 49.2 Å². The lowest BCUT2D eigenvalue weighted by Gasteiger charge is -2.08. The second-order valence-corrected chi connectivity index (χ2v) is 5.25. The molecule has 0 radical (unpaired) electrons. The number of hydrogen-bond acceptors (Lipinski definition) is 4. The van der Waals surface area contributed by atoms with Gasteiger partial charge in [-0.25, -0.2) is 14.6 Å². The van der Waals surface area contributed by atoms with Crippen molar-refractivity contribution in [2.75, 3.05) is 5.32 Å². The van der Waals surface area contributed by atoms with Crippen LogP contribution in [0.25, 0.3) is 5.82 Å². The third-order valence-electron chi connectivity index (χ3n) is 2.82. The minimum Gasteiger partial charge on any atom is -0.380 e. The monoisotopic (exact) mass is 319 g/mol. The average molecular weight is 320 g/mol. The quantitative estimate of drug-likeness (QED) is 0.798. The van der Waals surface area contributed by atoms with Crippen LogP contribution >= 0.6 is 23.2 Å². The molecule has 21 heavy (non-hydrogen) atoms. The largest absolute Gasteiger partial charge is 0.380 e. The van der Waals surface area contributed by atoms with Gasteiger partial charge in [-0.15, -0.1) is 0 Å². The van der Waals surface area contributed by atoms with Crippen LogP contribution in [0.1, 0.15) is 5.56 Å². The number of nitrogens with zero attached hydrogens (tertiary/aromatic N) is 4. The van der Waals surface area contributed by atoms with Crippen molar-refractivity contribution in [1.82, 2.24) is 19.7 Å². The van der Waals surface area contributed by atoms with Gasteiger partial charge in [0.25, 0.3) is 0 Å². The zero-order chi connectivity index (χ0) is 14.7. The maximum absolute atomic E-state index is 5.97. The molecule has 106 valence electrons. The van der Waals surface area contributed by atoms with Gasteiger partial charge in [-0.2, -0.15) is 5.10 Å². The summed E-state index contributed by atoms with van der Waals surface area (Å²) in [5, 5.41) is 8.53. The first-order chi connectivity index (χ1) is 10.2. The molecule has 0 unspecified atom stereocenters. The predicted molar refractivity (Wildman–Crippen MR) is 82.9 cm³/mol. The van der Waals surface area contributed by atoms with Crippen LogP contribution in [0.3, 0.4) is 0 Å². The molecule has 0 saturated carbocycles. The maximum Gasteiger partial charge on any atom is 0.155 e. The Morgan fingerprint density at radius 2 is 1.90 bits per heavy atom. The second kappa shape index (κ2) is 6.11. The van der Waals surface area contributed by atoms with Gasteiger partial charge in [-0.05, 0) is 35.9 Å². The highest BCUT2D eigenvalue weighted by Crippen LogP contribution is 2.20. The molecule has 1 N–H and O–H groups in total. The minimum absolute atomic E-state index is 0.616. The van der Waals surface area contributed by atoms with E-state index in [0.29, 0.717) is 22.4 Å². The lowest BCUT2D eigenvalue weighted by molar-refractivity contribution is 0.845. The fourth-order valence-corrected chi connectivity index (χ4v) is 2.44. The summed E-state index contributed by atoms with van der Waals surface area (Å²) < 4.78 is 1.60. The first-order valence-electron chi connectivity index (χ1n) is 6.20. The van der Waals surface area contributed by atoms with Crippen LogP contribution in [0.4, 0.5) is 5.69 Å². The van der Waals surface area contributed by atoms with Gasteiger partial charge in [-0.3, -0.25) is 0 Å². The van der Waals surface area contributed by atoms with E-state index in [2.05, 4.69) is 20.4 Å². The smallest absolute Gasteiger partial charge is 0.155 e. The number of benzene rings is 1. The normalized spacial score (nSPS) is 10.6. The van der Waals surface area contributed by atoms with Crippen LogP contribution in [-0.2, 0) is 6.54 Å². The Bertz CT molecular complexity index is 705. The van der Waals surface area contributed by atoms with Crippen LogP contribution in [0.2, 0.25) is 10.0 Å². The molecule has 0 fully saturated rings. The summed E-state index contributed by atoms with van der Waals surface area (Å²) in [6, 6.07) is 9.24. The van der Waals surface area contributed by atoms with Crippen molar-refractivity contribution in [3.63, 3.8) is 0 Å². The van der Waals surface area contributed by atoms with Crippen LogP contribution in [-0.4, -0.2) is 19.7 Å². The molecule has 0 amide bonds. The predicted octanol–water partition coefficient (Wildman–Crippen LogP) is 3.58.